The smallest absolute Gasteiger partial charge is 0.271 e. The molecule has 0 aromatic carbocycles. The van der Waals surface area contributed by atoms with E-state index in [1.807, 2.05) is 0 Å². The molecule has 1 amide bonds. The van der Waals surface area contributed by atoms with Gasteiger partial charge in [-0.15, -0.1) is 11.3 Å². The Kier molecular flexibility index (Phi) is 3.98. The Balaban J connectivity index is 1.68. The van der Waals surface area contributed by atoms with Crippen LogP contribution in [0.15, 0.2) is 24.0 Å². The number of rotatable bonds is 3. The molecule has 3 rings (SSSR count). The van der Waals surface area contributed by atoms with E-state index in [0.29, 0.717) is 16.4 Å². The number of carbonyl (C=O) groups is 1. The first-order chi connectivity index (χ1) is 9.83. The normalized spacial score (nSPS) is 18.7. The first-order valence-corrected chi connectivity index (χ1v) is 7.44. The molecule has 3 heterocycles. The van der Waals surface area contributed by atoms with E-state index in [1.165, 1.54) is 11.3 Å². The van der Waals surface area contributed by atoms with E-state index < -0.39 is 0 Å². The van der Waals surface area contributed by atoms with Gasteiger partial charge < -0.3 is 10.6 Å². The largest absolute Gasteiger partial charge is 0.347 e. The van der Waals surface area contributed by atoms with E-state index in [-0.39, 0.29) is 11.9 Å². The zero-order valence-corrected chi connectivity index (χ0v) is 11.7. The van der Waals surface area contributed by atoms with Gasteiger partial charge in [0.15, 0.2) is 0 Å². The number of aromatic nitrogens is 3. The highest BCUT2D eigenvalue weighted by atomic mass is 32.1. The molecule has 1 aliphatic heterocycles. The van der Waals surface area contributed by atoms with Crippen LogP contribution in [0, 0.1) is 0 Å². The van der Waals surface area contributed by atoms with Crippen molar-refractivity contribution in [2.45, 2.75) is 18.9 Å². The fraction of sp³-hybridized carbons (Fsp3) is 0.385. The highest BCUT2D eigenvalue weighted by Crippen LogP contribution is 2.20. The molecular formula is C13H15N5OS. The Morgan fingerprint density at radius 2 is 2.40 bits per heavy atom. The van der Waals surface area contributed by atoms with Crippen molar-refractivity contribution in [3.63, 3.8) is 0 Å². The minimum Gasteiger partial charge on any atom is -0.347 e. The predicted molar refractivity (Wildman–Crippen MR) is 76.5 cm³/mol. The highest BCUT2D eigenvalue weighted by Gasteiger charge is 2.18. The number of nitrogens with zero attached hydrogens (tertiary/aromatic N) is 3. The predicted octanol–water partition coefficient (Wildman–Crippen LogP) is 1.08. The van der Waals surface area contributed by atoms with E-state index in [1.54, 1.807) is 24.0 Å². The molecule has 7 heteroatoms. The third-order valence-corrected chi connectivity index (χ3v) is 4.02. The molecule has 6 nitrogen and oxygen atoms in total. The molecule has 0 saturated carbocycles. The second-order valence-corrected chi connectivity index (χ2v) is 5.50. The van der Waals surface area contributed by atoms with Crippen molar-refractivity contribution in [2.24, 2.45) is 0 Å². The summed E-state index contributed by atoms with van der Waals surface area (Å²) in [7, 11) is 0. The Morgan fingerprint density at radius 1 is 1.45 bits per heavy atom. The third kappa shape index (κ3) is 3.00. The van der Waals surface area contributed by atoms with Crippen LogP contribution in [0.25, 0.3) is 10.7 Å². The van der Waals surface area contributed by atoms with E-state index in [4.69, 9.17) is 0 Å². The molecule has 20 heavy (non-hydrogen) atoms. The van der Waals surface area contributed by atoms with Gasteiger partial charge in [0.25, 0.3) is 5.91 Å². The average Bonchev–Trinajstić information content (AvgIpc) is 2.99. The van der Waals surface area contributed by atoms with Gasteiger partial charge in [0, 0.05) is 30.4 Å². The summed E-state index contributed by atoms with van der Waals surface area (Å²) in [6.45, 7) is 1.85. The van der Waals surface area contributed by atoms with Gasteiger partial charge in [-0.2, -0.15) is 0 Å². The molecule has 0 radical (unpaired) electrons. The summed E-state index contributed by atoms with van der Waals surface area (Å²) in [5.74, 6) is -0.120. The van der Waals surface area contributed by atoms with E-state index >= 15 is 0 Å². The summed E-state index contributed by atoms with van der Waals surface area (Å²) in [6.07, 6.45) is 6.98. The van der Waals surface area contributed by atoms with E-state index in [9.17, 15) is 4.79 Å². The van der Waals surface area contributed by atoms with Gasteiger partial charge in [0.2, 0.25) is 0 Å². The quantitative estimate of drug-likeness (QED) is 0.884. The van der Waals surface area contributed by atoms with Crippen molar-refractivity contribution < 1.29 is 4.79 Å². The van der Waals surface area contributed by atoms with Gasteiger partial charge in [-0.25, -0.2) is 4.98 Å². The van der Waals surface area contributed by atoms with Crippen LogP contribution in [-0.2, 0) is 0 Å². The number of hydrogen-bond donors (Lipinski definition) is 2. The lowest BCUT2D eigenvalue weighted by molar-refractivity contribution is 0.0926. The van der Waals surface area contributed by atoms with Gasteiger partial charge in [-0.3, -0.25) is 14.8 Å². The van der Waals surface area contributed by atoms with Gasteiger partial charge in [0.1, 0.15) is 16.4 Å². The minimum atomic E-state index is -0.120. The number of carbonyl (C=O) groups excluding carboxylic acids is 1. The van der Waals surface area contributed by atoms with Crippen LogP contribution in [0.5, 0.6) is 0 Å². The second-order valence-electron chi connectivity index (χ2n) is 4.65. The average molecular weight is 289 g/mol. The van der Waals surface area contributed by atoms with Crippen LogP contribution in [0.2, 0.25) is 0 Å². The molecule has 2 N–H and O–H groups in total. The van der Waals surface area contributed by atoms with Crippen molar-refractivity contribution in [3.8, 4) is 10.7 Å². The molecule has 2 aromatic rings. The summed E-state index contributed by atoms with van der Waals surface area (Å²) in [5, 5.41) is 8.75. The third-order valence-electron chi connectivity index (χ3n) is 3.15. The summed E-state index contributed by atoms with van der Waals surface area (Å²) >= 11 is 1.40. The number of amides is 1. The van der Waals surface area contributed by atoms with Gasteiger partial charge >= 0.3 is 0 Å². The van der Waals surface area contributed by atoms with Gasteiger partial charge in [-0.05, 0) is 19.4 Å². The number of nitrogens with one attached hydrogen (secondary N) is 2. The summed E-state index contributed by atoms with van der Waals surface area (Å²) < 4.78 is 0. The lowest BCUT2D eigenvalue weighted by Gasteiger charge is -2.23. The van der Waals surface area contributed by atoms with Gasteiger partial charge in [0.05, 0.1) is 6.20 Å². The standard InChI is InChI=1S/C13H15N5OS/c19-12(17-9-2-1-3-14-6-9)11-8-20-13(18-11)10-7-15-4-5-16-10/h4-5,7-9,14H,1-3,6H2,(H,17,19). The molecule has 1 unspecified atom stereocenters. The molecular weight excluding hydrogens is 274 g/mol. The first kappa shape index (κ1) is 13.1. The SMILES string of the molecule is O=C(NC1CCCNC1)c1csc(-c2cnccn2)n1. The molecule has 0 bridgehead atoms. The Labute approximate surface area is 120 Å². The fourth-order valence-corrected chi connectivity index (χ4v) is 2.90. The molecule has 104 valence electrons. The first-order valence-electron chi connectivity index (χ1n) is 6.56. The monoisotopic (exact) mass is 289 g/mol. The Bertz CT molecular complexity index is 579. The van der Waals surface area contributed by atoms with Crippen molar-refractivity contribution in [1.82, 2.24) is 25.6 Å². The number of hydrogen-bond acceptors (Lipinski definition) is 6. The van der Waals surface area contributed by atoms with Crippen LogP contribution in [0.4, 0.5) is 0 Å². The Hall–Kier alpha value is -1.86. The van der Waals surface area contributed by atoms with E-state index in [2.05, 4.69) is 25.6 Å². The van der Waals surface area contributed by atoms with Crippen molar-refractivity contribution in [2.75, 3.05) is 13.1 Å². The lowest BCUT2D eigenvalue weighted by Crippen LogP contribution is -2.45. The molecule has 0 aliphatic carbocycles. The topological polar surface area (TPSA) is 79.8 Å². The lowest BCUT2D eigenvalue weighted by atomic mass is 10.1. The molecule has 1 aliphatic rings. The maximum atomic E-state index is 12.1. The van der Waals surface area contributed by atoms with Gasteiger partial charge in [-0.1, -0.05) is 0 Å². The summed E-state index contributed by atoms with van der Waals surface area (Å²) in [4.78, 5) is 24.6. The molecule has 1 atom stereocenters. The van der Waals surface area contributed by atoms with Crippen molar-refractivity contribution in [3.05, 3.63) is 29.7 Å². The second kappa shape index (κ2) is 6.06. The maximum Gasteiger partial charge on any atom is 0.271 e. The van der Waals surface area contributed by atoms with Crippen LogP contribution >= 0.6 is 11.3 Å². The number of thiazole rings is 1. The highest BCUT2D eigenvalue weighted by molar-refractivity contribution is 7.13. The van der Waals surface area contributed by atoms with Crippen LogP contribution in [0.1, 0.15) is 23.3 Å². The molecule has 1 fully saturated rings. The van der Waals surface area contributed by atoms with E-state index in [0.717, 1.165) is 25.9 Å². The Morgan fingerprint density at radius 3 is 3.15 bits per heavy atom. The zero-order valence-electron chi connectivity index (χ0n) is 10.9. The molecule has 1 saturated heterocycles. The summed E-state index contributed by atoms with van der Waals surface area (Å²) in [5.41, 5.74) is 1.14. The summed E-state index contributed by atoms with van der Waals surface area (Å²) in [6, 6.07) is 0.193. The zero-order chi connectivity index (χ0) is 13.8. The molecule has 0 spiro atoms. The number of piperidine rings is 1. The maximum absolute atomic E-state index is 12.1. The molecule has 2 aromatic heterocycles. The fourth-order valence-electron chi connectivity index (χ4n) is 2.14. The van der Waals surface area contributed by atoms with Crippen LogP contribution in [0.3, 0.4) is 0 Å². The van der Waals surface area contributed by atoms with Crippen LogP contribution < -0.4 is 10.6 Å². The van der Waals surface area contributed by atoms with Crippen molar-refractivity contribution in [1.29, 1.82) is 0 Å². The minimum absolute atomic E-state index is 0.120. The van der Waals surface area contributed by atoms with Crippen molar-refractivity contribution >= 4 is 17.2 Å². The van der Waals surface area contributed by atoms with Crippen LogP contribution in [-0.4, -0.2) is 40.0 Å².